The second kappa shape index (κ2) is 11.8. The number of aliphatic imine (C=N–C) groups is 1. The van der Waals surface area contributed by atoms with Gasteiger partial charge in [0.1, 0.15) is 5.60 Å². The van der Waals surface area contributed by atoms with Crippen molar-refractivity contribution in [3.8, 4) is 0 Å². The van der Waals surface area contributed by atoms with E-state index in [9.17, 15) is 4.79 Å². The molecule has 0 aromatic rings. The van der Waals surface area contributed by atoms with Crippen molar-refractivity contribution < 1.29 is 9.53 Å². The Morgan fingerprint density at radius 1 is 1.29 bits per heavy atom. The molecule has 0 radical (unpaired) electrons. The van der Waals surface area contributed by atoms with Crippen LogP contribution in [-0.2, 0) is 4.74 Å². The third kappa shape index (κ3) is 10.9. The van der Waals surface area contributed by atoms with E-state index in [1.807, 2.05) is 20.8 Å². The quantitative estimate of drug-likeness (QED) is 0.326. The number of hydrogen-bond donors (Lipinski definition) is 3. The molecule has 0 saturated heterocycles. The van der Waals surface area contributed by atoms with Crippen LogP contribution in [0, 0.1) is 0 Å². The molecule has 0 aliphatic heterocycles. The summed E-state index contributed by atoms with van der Waals surface area (Å²) in [5.41, 5.74) is 5.48. The van der Waals surface area contributed by atoms with Crippen molar-refractivity contribution in [3.05, 3.63) is 0 Å². The van der Waals surface area contributed by atoms with Gasteiger partial charge in [0.05, 0.1) is 12.6 Å². The molecule has 0 spiro atoms. The molecule has 7 heteroatoms. The molecule has 6 nitrogen and oxygen atoms in total. The maximum atomic E-state index is 11.9. The van der Waals surface area contributed by atoms with E-state index in [0.29, 0.717) is 18.5 Å². The number of hydrogen-bond acceptors (Lipinski definition) is 3. The summed E-state index contributed by atoms with van der Waals surface area (Å²) in [5, 5.41) is 6.17. The number of rotatable bonds is 6. The minimum absolute atomic E-state index is 0. The van der Waals surface area contributed by atoms with Gasteiger partial charge in [-0.05, 0) is 40.0 Å². The maximum Gasteiger partial charge on any atom is 0.407 e. The van der Waals surface area contributed by atoms with E-state index < -0.39 is 11.7 Å². The first kappa shape index (κ1) is 23.3. The largest absolute Gasteiger partial charge is 0.444 e. The molecule has 4 N–H and O–H groups in total. The second-order valence-electron chi connectivity index (χ2n) is 7.34. The first-order chi connectivity index (χ1) is 10.8. The normalized spacial score (nSPS) is 17.6. The lowest BCUT2D eigenvalue weighted by atomic mass is 9.96. The van der Waals surface area contributed by atoms with Crippen LogP contribution in [0.1, 0.15) is 72.6 Å². The van der Waals surface area contributed by atoms with Gasteiger partial charge >= 0.3 is 6.09 Å². The number of nitrogens with one attached hydrogen (secondary N) is 2. The van der Waals surface area contributed by atoms with Crippen LogP contribution in [-0.4, -0.2) is 36.3 Å². The van der Waals surface area contributed by atoms with Crippen molar-refractivity contribution in [1.29, 1.82) is 0 Å². The van der Waals surface area contributed by atoms with Crippen molar-refractivity contribution in [2.45, 2.75) is 90.3 Å². The molecule has 1 amide bonds. The van der Waals surface area contributed by atoms with E-state index >= 15 is 0 Å². The summed E-state index contributed by atoms with van der Waals surface area (Å²) in [6, 6.07) is 0.387. The number of alkyl carbamates (subject to hydrolysis) is 1. The van der Waals surface area contributed by atoms with E-state index in [4.69, 9.17) is 10.5 Å². The van der Waals surface area contributed by atoms with Gasteiger partial charge in [-0.15, -0.1) is 24.0 Å². The summed E-state index contributed by atoms with van der Waals surface area (Å²) >= 11 is 0. The topological polar surface area (TPSA) is 88.7 Å². The third-order valence-corrected chi connectivity index (χ3v) is 3.80. The Hall–Kier alpha value is -0.730. The fraction of sp³-hybridized carbons (Fsp3) is 0.882. The number of nitrogens with zero attached hydrogens (tertiary/aromatic N) is 1. The molecule has 0 bridgehead atoms. The molecule has 0 heterocycles. The minimum atomic E-state index is -0.494. The maximum absolute atomic E-state index is 11.9. The standard InChI is InChI=1S/C17H34N4O2.HI/c1-5-9-14(21-16(22)23-17(2,3)4)12-19-15(18)20-13-10-7-6-8-11-13;/h13-14H,5-12H2,1-4H3,(H,21,22)(H3,18,19,20);1H. The molecule has 24 heavy (non-hydrogen) atoms. The number of nitrogens with two attached hydrogens (primary N) is 1. The molecule has 1 aliphatic carbocycles. The van der Waals surface area contributed by atoms with Crippen LogP contribution in [0.2, 0.25) is 0 Å². The number of ether oxygens (including phenoxy) is 1. The molecule has 142 valence electrons. The third-order valence-electron chi connectivity index (χ3n) is 3.80. The molecule has 0 aromatic heterocycles. The number of carbonyl (C=O) groups is 1. The fourth-order valence-corrected chi connectivity index (χ4v) is 2.74. The molecule has 1 saturated carbocycles. The van der Waals surface area contributed by atoms with Gasteiger partial charge in [-0.2, -0.15) is 0 Å². The average Bonchev–Trinajstić information content (AvgIpc) is 2.44. The van der Waals surface area contributed by atoms with Crippen molar-refractivity contribution in [2.75, 3.05) is 6.54 Å². The SMILES string of the molecule is CCCC(CN=C(N)NC1CCCCC1)NC(=O)OC(C)(C)C.I. The minimum Gasteiger partial charge on any atom is -0.444 e. The zero-order valence-corrected chi connectivity index (χ0v) is 17.9. The lowest BCUT2D eigenvalue weighted by Gasteiger charge is -2.24. The van der Waals surface area contributed by atoms with Gasteiger partial charge in [-0.3, -0.25) is 4.99 Å². The van der Waals surface area contributed by atoms with Gasteiger partial charge < -0.3 is 21.1 Å². The van der Waals surface area contributed by atoms with Crippen LogP contribution >= 0.6 is 24.0 Å². The van der Waals surface area contributed by atoms with Crippen molar-refractivity contribution in [3.63, 3.8) is 0 Å². The molecular weight excluding hydrogens is 419 g/mol. The van der Waals surface area contributed by atoms with Gasteiger partial charge in [0.15, 0.2) is 5.96 Å². The van der Waals surface area contributed by atoms with Gasteiger partial charge in [0.2, 0.25) is 0 Å². The van der Waals surface area contributed by atoms with Crippen LogP contribution in [0.5, 0.6) is 0 Å². The van der Waals surface area contributed by atoms with Crippen molar-refractivity contribution in [2.24, 2.45) is 10.7 Å². The van der Waals surface area contributed by atoms with Gasteiger partial charge in [0, 0.05) is 6.04 Å². The van der Waals surface area contributed by atoms with Gasteiger partial charge in [0.25, 0.3) is 0 Å². The molecule has 1 fully saturated rings. The summed E-state index contributed by atoms with van der Waals surface area (Å²) in [4.78, 5) is 16.3. The van der Waals surface area contributed by atoms with Gasteiger partial charge in [-0.25, -0.2) is 4.79 Å². The lowest BCUT2D eigenvalue weighted by Crippen LogP contribution is -2.43. The van der Waals surface area contributed by atoms with E-state index in [1.54, 1.807) is 0 Å². The summed E-state index contributed by atoms with van der Waals surface area (Å²) in [6.45, 7) is 8.11. The highest BCUT2D eigenvalue weighted by Crippen LogP contribution is 2.17. The van der Waals surface area contributed by atoms with E-state index in [-0.39, 0.29) is 30.0 Å². The molecular formula is C17H35IN4O2. The van der Waals surface area contributed by atoms with E-state index in [2.05, 4.69) is 22.5 Å². The zero-order valence-electron chi connectivity index (χ0n) is 15.6. The van der Waals surface area contributed by atoms with Crippen LogP contribution < -0.4 is 16.4 Å². The Bertz CT molecular complexity index is 391. The van der Waals surface area contributed by atoms with Crippen LogP contribution in [0.25, 0.3) is 0 Å². The number of amides is 1. The first-order valence-corrected chi connectivity index (χ1v) is 8.86. The molecule has 1 rings (SSSR count). The van der Waals surface area contributed by atoms with Gasteiger partial charge in [-0.1, -0.05) is 32.6 Å². The monoisotopic (exact) mass is 454 g/mol. The fourth-order valence-electron chi connectivity index (χ4n) is 2.74. The smallest absolute Gasteiger partial charge is 0.407 e. The highest BCUT2D eigenvalue weighted by Gasteiger charge is 2.19. The summed E-state index contributed by atoms with van der Waals surface area (Å²) in [5.74, 6) is 0.476. The first-order valence-electron chi connectivity index (χ1n) is 8.86. The second-order valence-corrected chi connectivity index (χ2v) is 7.34. The zero-order chi connectivity index (χ0) is 17.3. The van der Waals surface area contributed by atoms with E-state index in [1.165, 1.54) is 19.3 Å². The van der Waals surface area contributed by atoms with Crippen molar-refractivity contribution in [1.82, 2.24) is 10.6 Å². The van der Waals surface area contributed by atoms with Crippen LogP contribution in [0.4, 0.5) is 4.79 Å². The predicted octanol–water partition coefficient (Wildman–Crippen LogP) is 3.53. The van der Waals surface area contributed by atoms with Crippen molar-refractivity contribution >= 4 is 36.0 Å². The Morgan fingerprint density at radius 2 is 1.92 bits per heavy atom. The number of guanidine groups is 1. The summed E-state index contributed by atoms with van der Waals surface area (Å²) in [7, 11) is 0. The Balaban J connectivity index is 0.00000529. The lowest BCUT2D eigenvalue weighted by molar-refractivity contribution is 0.0503. The summed E-state index contributed by atoms with van der Waals surface area (Å²) in [6.07, 6.45) is 7.55. The van der Waals surface area contributed by atoms with Crippen LogP contribution in [0.15, 0.2) is 4.99 Å². The van der Waals surface area contributed by atoms with Crippen LogP contribution in [0.3, 0.4) is 0 Å². The predicted molar refractivity (Wildman–Crippen MR) is 110 cm³/mol. The molecule has 0 aromatic carbocycles. The highest BCUT2D eigenvalue weighted by molar-refractivity contribution is 14.0. The Morgan fingerprint density at radius 3 is 2.46 bits per heavy atom. The molecule has 1 atom stereocenters. The Kier molecular flexibility index (Phi) is 11.4. The highest BCUT2D eigenvalue weighted by atomic mass is 127. The molecule has 1 unspecified atom stereocenters. The number of halogens is 1. The number of carbonyl (C=O) groups excluding carboxylic acids is 1. The van der Waals surface area contributed by atoms with E-state index in [0.717, 1.165) is 25.7 Å². The molecule has 1 aliphatic rings. The Labute approximate surface area is 163 Å². The average molecular weight is 454 g/mol. The summed E-state index contributed by atoms with van der Waals surface area (Å²) < 4.78 is 5.30.